The van der Waals surface area contributed by atoms with Gasteiger partial charge in [0.05, 0.1) is 0 Å². The third-order valence-corrected chi connectivity index (χ3v) is 1.76. The number of hydrogen-bond donors (Lipinski definition) is 2. The Hall–Kier alpha value is -1.97. The van der Waals surface area contributed by atoms with E-state index in [1.54, 1.807) is 24.3 Å². The predicted octanol–water partition coefficient (Wildman–Crippen LogP) is 1.63. The number of rotatable bonds is 1. The first-order valence-electron chi connectivity index (χ1n) is 3.77. The number of aromatic hydroxyl groups is 1. The molecule has 0 atom stereocenters. The first-order valence-corrected chi connectivity index (χ1v) is 3.77. The lowest BCUT2D eigenvalue weighted by molar-refractivity contribution is 0.421. The second-order valence-corrected chi connectivity index (χ2v) is 2.64. The molecule has 4 heteroatoms. The van der Waals surface area contributed by atoms with Crippen molar-refractivity contribution in [3.05, 3.63) is 30.5 Å². The Morgan fingerprint density at radius 3 is 2.69 bits per heavy atom. The molecule has 2 aromatic rings. The standard InChI is InChI=1S/C9H8N2O2/c10-7-5-13-11-9(7)6-3-1-2-4-8(6)12/h1-5,12H,10H2. The van der Waals surface area contributed by atoms with E-state index in [1.807, 2.05) is 0 Å². The summed E-state index contributed by atoms with van der Waals surface area (Å²) in [6.07, 6.45) is 1.34. The van der Waals surface area contributed by atoms with Gasteiger partial charge in [-0.15, -0.1) is 0 Å². The summed E-state index contributed by atoms with van der Waals surface area (Å²) < 4.78 is 4.67. The van der Waals surface area contributed by atoms with Gasteiger partial charge in [-0.05, 0) is 12.1 Å². The highest BCUT2D eigenvalue weighted by Gasteiger charge is 2.10. The number of nitrogens with two attached hydrogens (primary N) is 1. The summed E-state index contributed by atoms with van der Waals surface area (Å²) in [4.78, 5) is 0. The number of nitrogen functional groups attached to an aromatic ring is 1. The fraction of sp³-hybridized carbons (Fsp3) is 0. The minimum absolute atomic E-state index is 0.142. The quantitative estimate of drug-likeness (QED) is 0.692. The summed E-state index contributed by atoms with van der Waals surface area (Å²) in [5.41, 5.74) is 7.04. The van der Waals surface area contributed by atoms with Crippen LogP contribution in [0.1, 0.15) is 0 Å². The number of phenols is 1. The molecule has 0 spiro atoms. The van der Waals surface area contributed by atoms with E-state index in [0.29, 0.717) is 16.9 Å². The molecule has 0 amide bonds. The van der Waals surface area contributed by atoms with Gasteiger partial charge in [-0.25, -0.2) is 0 Å². The number of anilines is 1. The number of aromatic nitrogens is 1. The zero-order valence-corrected chi connectivity index (χ0v) is 6.77. The van der Waals surface area contributed by atoms with Crippen LogP contribution in [0.15, 0.2) is 35.1 Å². The number of phenolic OH excluding ortho intramolecular Hbond substituents is 1. The number of para-hydroxylation sites is 1. The Morgan fingerprint density at radius 2 is 2.08 bits per heavy atom. The minimum Gasteiger partial charge on any atom is -0.507 e. The van der Waals surface area contributed by atoms with Gasteiger partial charge in [-0.1, -0.05) is 17.3 Å². The lowest BCUT2D eigenvalue weighted by Crippen LogP contribution is -1.86. The maximum absolute atomic E-state index is 9.47. The molecule has 0 fully saturated rings. The van der Waals surface area contributed by atoms with Crippen LogP contribution in [0, 0.1) is 0 Å². The molecule has 4 nitrogen and oxygen atoms in total. The van der Waals surface area contributed by atoms with Crippen LogP contribution in [0.25, 0.3) is 11.3 Å². The van der Waals surface area contributed by atoms with E-state index in [9.17, 15) is 5.11 Å². The highest BCUT2D eigenvalue weighted by Crippen LogP contribution is 2.30. The molecule has 1 aromatic carbocycles. The van der Waals surface area contributed by atoms with Gasteiger partial charge in [0, 0.05) is 5.56 Å². The molecule has 0 aliphatic rings. The molecule has 0 aliphatic carbocycles. The van der Waals surface area contributed by atoms with Crippen molar-refractivity contribution in [2.75, 3.05) is 5.73 Å². The fourth-order valence-electron chi connectivity index (χ4n) is 1.12. The Morgan fingerprint density at radius 1 is 1.31 bits per heavy atom. The van der Waals surface area contributed by atoms with Gasteiger partial charge in [-0.3, -0.25) is 0 Å². The second-order valence-electron chi connectivity index (χ2n) is 2.64. The van der Waals surface area contributed by atoms with Crippen LogP contribution >= 0.6 is 0 Å². The molecule has 0 unspecified atom stereocenters. The van der Waals surface area contributed by atoms with E-state index in [-0.39, 0.29) is 5.75 Å². The normalized spacial score (nSPS) is 10.2. The molecule has 0 saturated heterocycles. The zero-order chi connectivity index (χ0) is 9.26. The molecule has 13 heavy (non-hydrogen) atoms. The van der Waals surface area contributed by atoms with Crippen molar-refractivity contribution >= 4 is 5.69 Å². The summed E-state index contributed by atoms with van der Waals surface area (Å²) in [7, 11) is 0. The molecule has 1 aromatic heterocycles. The molecule has 0 radical (unpaired) electrons. The van der Waals surface area contributed by atoms with Gasteiger partial charge in [0.2, 0.25) is 0 Å². The Labute approximate surface area is 74.6 Å². The van der Waals surface area contributed by atoms with E-state index in [2.05, 4.69) is 9.68 Å². The smallest absolute Gasteiger partial charge is 0.147 e. The van der Waals surface area contributed by atoms with Crippen LogP contribution in [0.5, 0.6) is 5.75 Å². The summed E-state index contributed by atoms with van der Waals surface area (Å²) in [6.45, 7) is 0. The average molecular weight is 176 g/mol. The van der Waals surface area contributed by atoms with E-state index in [0.717, 1.165) is 0 Å². The first-order chi connectivity index (χ1) is 6.29. The molecular weight excluding hydrogens is 168 g/mol. The van der Waals surface area contributed by atoms with Crippen LogP contribution in [0.3, 0.4) is 0 Å². The van der Waals surface area contributed by atoms with Gasteiger partial charge in [0.15, 0.2) is 0 Å². The Balaban J connectivity index is 2.59. The average Bonchev–Trinajstić information content (AvgIpc) is 2.52. The van der Waals surface area contributed by atoms with Crippen LogP contribution in [-0.2, 0) is 0 Å². The Kier molecular flexibility index (Phi) is 1.66. The zero-order valence-electron chi connectivity index (χ0n) is 6.77. The van der Waals surface area contributed by atoms with Crippen molar-refractivity contribution in [1.82, 2.24) is 5.16 Å². The molecule has 0 saturated carbocycles. The molecular formula is C9H8N2O2. The fourth-order valence-corrected chi connectivity index (χ4v) is 1.12. The van der Waals surface area contributed by atoms with Crippen molar-refractivity contribution in [2.24, 2.45) is 0 Å². The Bertz CT molecular complexity index is 423. The van der Waals surface area contributed by atoms with Crippen molar-refractivity contribution in [3.63, 3.8) is 0 Å². The van der Waals surface area contributed by atoms with Crippen LogP contribution in [0.2, 0.25) is 0 Å². The summed E-state index contributed by atoms with van der Waals surface area (Å²) in [6, 6.07) is 6.82. The molecule has 2 rings (SSSR count). The minimum atomic E-state index is 0.142. The van der Waals surface area contributed by atoms with Gasteiger partial charge in [0.1, 0.15) is 23.4 Å². The van der Waals surface area contributed by atoms with Crippen molar-refractivity contribution in [3.8, 4) is 17.0 Å². The third-order valence-electron chi connectivity index (χ3n) is 1.76. The lowest BCUT2D eigenvalue weighted by Gasteiger charge is -1.99. The van der Waals surface area contributed by atoms with Gasteiger partial charge < -0.3 is 15.4 Å². The highest BCUT2D eigenvalue weighted by atomic mass is 16.5. The van der Waals surface area contributed by atoms with Gasteiger partial charge >= 0.3 is 0 Å². The maximum Gasteiger partial charge on any atom is 0.147 e. The van der Waals surface area contributed by atoms with Crippen molar-refractivity contribution in [1.29, 1.82) is 0 Å². The maximum atomic E-state index is 9.47. The summed E-state index contributed by atoms with van der Waals surface area (Å²) in [5.74, 6) is 0.142. The topological polar surface area (TPSA) is 72.3 Å². The lowest BCUT2D eigenvalue weighted by atomic mass is 10.1. The third kappa shape index (κ3) is 1.22. The molecule has 0 aliphatic heterocycles. The van der Waals surface area contributed by atoms with E-state index in [4.69, 9.17) is 5.73 Å². The predicted molar refractivity (Wildman–Crippen MR) is 48.0 cm³/mol. The SMILES string of the molecule is Nc1conc1-c1ccccc1O. The van der Waals surface area contributed by atoms with E-state index < -0.39 is 0 Å². The van der Waals surface area contributed by atoms with E-state index >= 15 is 0 Å². The number of benzene rings is 1. The van der Waals surface area contributed by atoms with Gasteiger partial charge in [0.25, 0.3) is 0 Å². The molecule has 0 bridgehead atoms. The molecule has 1 heterocycles. The van der Waals surface area contributed by atoms with Gasteiger partial charge in [-0.2, -0.15) is 0 Å². The molecule has 66 valence electrons. The monoisotopic (exact) mass is 176 g/mol. The van der Waals surface area contributed by atoms with Crippen LogP contribution in [0.4, 0.5) is 5.69 Å². The number of nitrogens with zero attached hydrogens (tertiary/aromatic N) is 1. The highest BCUT2D eigenvalue weighted by molar-refractivity contribution is 5.75. The van der Waals surface area contributed by atoms with Crippen molar-refractivity contribution in [2.45, 2.75) is 0 Å². The summed E-state index contributed by atoms with van der Waals surface area (Å²) >= 11 is 0. The van der Waals surface area contributed by atoms with Crippen molar-refractivity contribution < 1.29 is 9.63 Å². The summed E-state index contributed by atoms with van der Waals surface area (Å²) in [5, 5.41) is 13.2. The number of hydrogen-bond acceptors (Lipinski definition) is 4. The van der Waals surface area contributed by atoms with E-state index in [1.165, 1.54) is 6.26 Å². The first kappa shape index (κ1) is 7.67. The molecule has 3 N–H and O–H groups in total. The van der Waals surface area contributed by atoms with Crippen LogP contribution < -0.4 is 5.73 Å². The largest absolute Gasteiger partial charge is 0.507 e. The van der Waals surface area contributed by atoms with Crippen LogP contribution in [-0.4, -0.2) is 10.3 Å². The second kappa shape index (κ2) is 2.82.